The SMILES string of the molecule is Cc1ccc(CC(=O)NC(CBr)c2ccccc2)cc1. The lowest BCUT2D eigenvalue weighted by atomic mass is 10.1. The quantitative estimate of drug-likeness (QED) is 0.830. The maximum atomic E-state index is 12.1. The molecule has 0 aliphatic carbocycles. The summed E-state index contributed by atoms with van der Waals surface area (Å²) in [5.74, 6) is 0.0437. The Morgan fingerprint density at radius 2 is 1.75 bits per heavy atom. The Morgan fingerprint density at radius 1 is 1.10 bits per heavy atom. The number of aryl methyl sites for hydroxylation is 1. The molecule has 1 amide bonds. The highest BCUT2D eigenvalue weighted by Crippen LogP contribution is 2.15. The van der Waals surface area contributed by atoms with Crippen LogP contribution in [0.3, 0.4) is 0 Å². The van der Waals surface area contributed by atoms with Crippen LogP contribution in [0.15, 0.2) is 54.6 Å². The molecule has 20 heavy (non-hydrogen) atoms. The van der Waals surface area contributed by atoms with Crippen molar-refractivity contribution in [2.45, 2.75) is 19.4 Å². The van der Waals surface area contributed by atoms with Gasteiger partial charge in [-0.05, 0) is 18.1 Å². The predicted octanol–water partition coefficient (Wildman–Crippen LogP) is 3.79. The van der Waals surface area contributed by atoms with Crippen LogP contribution in [0.25, 0.3) is 0 Å². The van der Waals surface area contributed by atoms with E-state index in [2.05, 4.69) is 21.2 Å². The van der Waals surface area contributed by atoms with Gasteiger partial charge in [-0.3, -0.25) is 4.79 Å². The van der Waals surface area contributed by atoms with Crippen LogP contribution in [0.4, 0.5) is 0 Å². The van der Waals surface area contributed by atoms with Crippen LogP contribution in [-0.2, 0) is 11.2 Å². The van der Waals surface area contributed by atoms with Crippen LogP contribution < -0.4 is 5.32 Å². The fraction of sp³-hybridized carbons (Fsp3) is 0.235. The summed E-state index contributed by atoms with van der Waals surface area (Å²) < 4.78 is 0. The molecule has 1 atom stereocenters. The zero-order valence-corrected chi connectivity index (χ0v) is 13.1. The van der Waals surface area contributed by atoms with Crippen LogP contribution in [0, 0.1) is 6.92 Å². The van der Waals surface area contributed by atoms with E-state index < -0.39 is 0 Å². The maximum absolute atomic E-state index is 12.1. The van der Waals surface area contributed by atoms with Gasteiger partial charge >= 0.3 is 0 Å². The van der Waals surface area contributed by atoms with Gasteiger partial charge in [0.05, 0.1) is 12.5 Å². The average molecular weight is 332 g/mol. The number of nitrogens with one attached hydrogen (secondary N) is 1. The van der Waals surface area contributed by atoms with Crippen molar-refractivity contribution in [2.24, 2.45) is 0 Å². The Bertz CT molecular complexity index is 551. The number of benzene rings is 2. The highest BCUT2D eigenvalue weighted by molar-refractivity contribution is 9.09. The Kier molecular flexibility index (Phi) is 5.36. The number of alkyl halides is 1. The third-order valence-corrected chi connectivity index (χ3v) is 3.82. The summed E-state index contributed by atoms with van der Waals surface area (Å²) in [6.45, 7) is 2.04. The van der Waals surface area contributed by atoms with Gasteiger partial charge in [0.1, 0.15) is 0 Å². The normalized spacial score (nSPS) is 11.9. The van der Waals surface area contributed by atoms with Gasteiger partial charge in [0, 0.05) is 5.33 Å². The summed E-state index contributed by atoms with van der Waals surface area (Å²) in [7, 11) is 0. The topological polar surface area (TPSA) is 29.1 Å². The maximum Gasteiger partial charge on any atom is 0.224 e. The fourth-order valence-electron chi connectivity index (χ4n) is 2.03. The minimum Gasteiger partial charge on any atom is -0.348 e. The number of hydrogen-bond acceptors (Lipinski definition) is 1. The summed E-state index contributed by atoms with van der Waals surface area (Å²) in [5.41, 5.74) is 3.35. The van der Waals surface area contributed by atoms with E-state index in [9.17, 15) is 4.79 Å². The number of hydrogen-bond donors (Lipinski definition) is 1. The zero-order chi connectivity index (χ0) is 14.4. The molecule has 2 aromatic rings. The largest absolute Gasteiger partial charge is 0.348 e. The molecule has 0 saturated heterocycles. The second-order valence-electron chi connectivity index (χ2n) is 4.85. The Hall–Kier alpha value is -1.61. The summed E-state index contributed by atoms with van der Waals surface area (Å²) >= 11 is 3.46. The van der Waals surface area contributed by atoms with Crippen molar-refractivity contribution >= 4 is 21.8 Å². The van der Waals surface area contributed by atoms with Crippen LogP contribution in [0.2, 0.25) is 0 Å². The monoisotopic (exact) mass is 331 g/mol. The molecule has 1 N–H and O–H groups in total. The van der Waals surface area contributed by atoms with Gasteiger partial charge in [-0.15, -0.1) is 0 Å². The zero-order valence-electron chi connectivity index (χ0n) is 11.5. The van der Waals surface area contributed by atoms with Crippen LogP contribution in [0.1, 0.15) is 22.7 Å². The van der Waals surface area contributed by atoms with Gasteiger partial charge in [-0.1, -0.05) is 76.1 Å². The molecule has 2 aromatic carbocycles. The van der Waals surface area contributed by atoms with Crippen molar-refractivity contribution in [3.05, 3.63) is 71.3 Å². The van der Waals surface area contributed by atoms with Gasteiger partial charge in [-0.2, -0.15) is 0 Å². The molecule has 0 radical (unpaired) electrons. The molecule has 2 rings (SSSR count). The minimum atomic E-state index is 0.00847. The van der Waals surface area contributed by atoms with E-state index in [0.29, 0.717) is 11.8 Å². The van der Waals surface area contributed by atoms with Gasteiger partial charge in [0.25, 0.3) is 0 Å². The second-order valence-corrected chi connectivity index (χ2v) is 5.49. The third kappa shape index (κ3) is 4.20. The molecule has 3 heteroatoms. The number of amides is 1. The average Bonchev–Trinajstić information content (AvgIpc) is 2.48. The summed E-state index contributed by atoms with van der Waals surface area (Å²) in [6.07, 6.45) is 0.413. The van der Waals surface area contributed by atoms with E-state index in [1.165, 1.54) is 5.56 Å². The summed E-state index contributed by atoms with van der Waals surface area (Å²) in [6, 6.07) is 18.1. The molecule has 104 valence electrons. The van der Waals surface area contributed by atoms with E-state index in [0.717, 1.165) is 11.1 Å². The van der Waals surface area contributed by atoms with Crippen molar-refractivity contribution in [1.82, 2.24) is 5.32 Å². The van der Waals surface area contributed by atoms with Crippen molar-refractivity contribution < 1.29 is 4.79 Å². The van der Waals surface area contributed by atoms with E-state index in [-0.39, 0.29) is 11.9 Å². The number of carbonyl (C=O) groups is 1. The molecular weight excluding hydrogens is 314 g/mol. The number of halogens is 1. The second kappa shape index (κ2) is 7.25. The first kappa shape index (κ1) is 14.8. The predicted molar refractivity (Wildman–Crippen MR) is 86.0 cm³/mol. The highest BCUT2D eigenvalue weighted by Gasteiger charge is 2.13. The van der Waals surface area contributed by atoms with Crippen molar-refractivity contribution in [2.75, 3.05) is 5.33 Å². The van der Waals surface area contributed by atoms with Crippen molar-refractivity contribution in [3.8, 4) is 0 Å². The van der Waals surface area contributed by atoms with Crippen LogP contribution in [-0.4, -0.2) is 11.2 Å². The standard InChI is InChI=1S/C17H18BrNO/c1-13-7-9-14(10-8-13)11-17(20)19-16(12-18)15-5-3-2-4-6-15/h2-10,16H,11-12H2,1H3,(H,19,20). The van der Waals surface area contributed by atoms with E-state index >= 15 is 0 Å². The molecule has 0 heterocycles. The van der Waals surface area contributed by atoms with E-state index in [4.69, 9.17) is 0 Å². The van der Waals surface area contributed by atoms with Crippen molar-refractivity contribution in [3.63, 3.8) is 0 Å². The Balaban J connectivity index is 1.97. The molecule has 2 nitrogen and oxygen atoms in total. The molecule has 0 aromatic heterocycles. The molecule has 1 unspecified atom stereocenters. The Morgan fingerprint density at radius 3 is 2.35 bits per heavy atom. The van der Waals surface area contributed by atoms with Crippen LogP contribution >= 0.6 is 15.9 Å². The van der Waals surface area contributed by atoms with E-state index in [1.807, 2.05) is 61.5 Å². The van der Waals surface area contributed by atoms with Gasteiger partial charge in [0.2, 0.25) is 5.91 Å². The first-order valence-electron chi connectivity index (χ1n) is 6.65. The first-order chi connectivity index (χ1) is 9.69. The lowest BCUT2D eigenvalue weighted by Gasteiger charge is -2.16. The van der Waals surface area contributed by atoms with Crippen LogP contribution in [0.5, 0.6) is 0 Å². The molecule has 0 aliphatic rings. The first-order valence-corrected chi connectivity index (χ1v) is 7.77. The molecule has 0 spiro atoms. The minimum absolute atomic E-state index is 0.00847. The van der Waals surface area contributed by atoms with E-state index in [1.54, 1.807) is 0 Å². The van der Waals surface area contributed by atoms with Crippen molar-refractivity contribution in [1.29, 1.82) is 0 Å². The summed E-state index contributed by atoms with van der Waals surface area (Å²) in [4.78, 5) is 12.1. The van der Waals surface area contributed by atoms with Gasteiger partial charge < -0.3 is 5.32 Å². The number of carbonyl (C=O) groups excluding carboxylic acids is 1. The Labute approximate surface area is 128 Å². The molecule has 0 fully saturated rings. The van der Waals surface area contributed by atoms with Gasteiger partial charge in [-0.25, -0.2) is 0 Å². The lowest BCUT2D eigenvalue weighted by molar-refractivity contribution is -0.121. The lowest BCUT2D eigenvalue weighted by Crippen LogP contribution is -2.30. The fourth-order valence-corrected chi connectivity index (χ4v) is 2.57. The molecule has 0 aliphatic heterocycles. The molecule has 0 saturated carbocycles. The number of rotatable bonds is 5. The molecular formula is C17H18BrNO. The smallest absolute Gasteiger partial charge is 0.224 e. The highest BCUT2D eigenvalue weighted by atomic mass is 79.9. The van der Waals surface area contributed by atoms with Gasteiger partial charge in [0.15, 0.2) is 0 Å². The molecule has 0 bridgehead atoms. The summed E-state index contributed by atoms with van der Waals surface area (Å²) in [5, 5.41) is 3.77. The third-order valence-electron chi connectivity index (χ3n) is 3.18.